The summed E-state index contributed by atoms with van der Waals surface area (Å²) in [6.45, 7) is 9.78. The summed E-state index contributed by atoms with van der Waals surface area (Å²) in [7, 11) is -0.776. The predicted octanol–water partition coefficient (Wildman–Crippen LogP) is 1.40. The van der Waals surface area contributed by atoms with E-state index in [1.165, 1.54) is 0 Å². The van der Waals surface area contributed by atoms with Crippen molar-refractivity contribution in [2.45, 2.75) is 32.9 Å². The summed E-state index contributed by atoms with van der Waals surface area (Å²) >= 11 is 0. The highest BCUT2D eigenvalue weighted by molar-refractivity contribution is 7.83. The van der Waals surface area contributed by atoms with Crippen molar-refractivity contribution in [2.24, 2.45) is 0 Å². The standard InChI is InChI=1S/C7H17NOS/c1-5-8(6-2)10(9)7(3)4/h7H,5-6H2,1-4H3/t10-/m1/s1. The highest BCUT2D eigenvalue weighted by Gasteiger charge is 2.11. The van der Waals surface area contributed by atoms with Gasteiger partial charge in [0.25, 0.3) is 0 Å². The normalized spacial score (nSPS) is 14.6. The van der Waals surface area contributed by atoms with E-state index < -0.39 is 11.0 Å². The largest absolute Gasteiger partial charge is 0.242 e. The Labute approximate surface area is 66.2 Å². The molecule has 0 rings (SSSR count). The average Bonchev–Trinajstić information content (AvgIpc) is 1.90. The van der Waals surface area contributed by atoms with Crippen LogP contribution >= 0.6 is 0 Å². The highest BCUT2D eigenvalue weighted by atomic mass is 32.2. The molecule has 0 heterocycles. The van der Waals surface area contributed by atoms with Crippen LogP contribution < -0.4 is 0 Å². The monoisotopic (exact) mass is 163 g/mol. The van der Waals surface area contributed by atoms with Crippen molar-refractivity contribution >= 4 is 11.0 Å². The first kappa shape index (κ1) is 10.1. The number of nitrogens with zero attached hydrogens (tertiary/aromatic N) is 1. The summed E-state index contributed by atoms with van der Waals surface area (Å²) in [5.41, 5.74) is 0. The van der Waals surface area contributed by atoms with Gasteiger partial charge >= 0.3 is 0 Å². The Morgan fingerprint density at radius 1 is 1.30 bits per heavy atom. The molecule has 0 spiro atoms. The van der Waals surface area contributed by atoms with Crippen LogP contribution in [0.4, 0.5) is 0 Å². The van der Waals surface area contributed by atoms with Gasteiger partial charge in [-0.2, -0.15) is 0 Å². The molecule has 1 atom stereocenters. The van der Waals surface area contributed by atoms with Crippen LogP contribution in [-0.2, 0) is 11.0 Å². The lowest BCUT2D eigenvalue weighted by Crippen LogP contribution is -2.30. The van der Waals surface area contributed by atoms with Gasteiger partial charge in [0, 0.05) is 18.3 Å². The fourth-order valence-corrected chi connectivity index (χ4v) is 1.88. The second-order valence-electron chi connectivity index (χ2n) is 2.44. The molecular weight excluding hydrogens is 146 g/mol. The molecule has 10 heavy (non-hydrogen) atoms. The molecule has 2 nitrogen and oxygen atoms in total. The lowest BCUT2D eigenvalue weighted by molar-refractivity contribution is 0.485. The SMILES string of the molecule is CCN(CC)[S@](=O)C(C)C. The molecule has 0 bridgehead atoms. The summed E-state index contributed by atoms with van der Waals surface area (Å²) in [6, 6.07) is 0. The molecule has 0 saturated carbocycles. The van der Waals surface area contributed by atoms with Crippen molar-refractivity contribution < 1.29 is 4.21 Å². The van der Waals surface area contributed by atoms with Gasteiger partial charge in [0.1, 0.15) is 0 Å². The van der Waals surface area contributed by atoms with Gasteiger partial charge < -0.3 is 0 Å². The number of hydrogen-bond acceptors (Lipinski definition) is 1. The molecule has 0 aliphatic heterocycles. The van der Waals surface area contributed by atoms with Gasteiger partial charge in [0.05, 0.1) is 11.0 Å². The third kappa shape index (κ3) is 2.80. The van der Waals surface area contributed by atoms with Gasteiger partial charge in [-0.1, -0.05) is 13.8 Å². The second kappa shape index (κ2) is 4.85. The van der Waals surface area contributed by atoms with Gasteiger partial charge in [-0.3, -0.25) is 0 Å². The minimum atomic E-state index is -0.776. The van der Waals surface area contributed by atoms with Crippen LogP contribution in [0.2, 0.25) is 0 Å². The molecule has 0 aliphatic rings. The maximum absolute atomic E-state index is 11.3. The molecular formula is C7H17NOS. The Hall–Kier alpha value is 0.110. The van der Waals surface area contributed by atoms with Crippen LogP contribution in [0.5, 0.6) is 0 Å². The van der Waals surface area contributed by atoms with E-state index in [1.54, 1.807) is 0 Å². The molecule has 0 saturated heterocycles. The van der Waals surface area contributed by atoms with Crippen LogP contribution in [0.25, 0.3) is 0 Å². The Bertz CT molecular complexity index is 110. The number of rotatable bonds is 4. The van der Waals surface area contributed by atoms with Crippen molar-refractivity contribution in [1.82, 2.24) is 4.31 Å². The first-order chi connectivity index (χ1) is 4.63. The van der Waals surface area contributed by atoms with E-state index in [0.29, 0.717) is 0 Å². The molecule has 3 heteroatoms. The Morgan fingerprint density at radius 2 is 1.70 bits per heavy atom. The van der Waals surface area contributed by atoms with E-state index in [-0.39, 0.29) is 5.25 Å². The predicted molar refractivity (Wildman–Crippen MR) is 46.2 cm³/mol. The van der Waals surface area contributed by atoms with Gasteiger partial charge in [0.2, 0.25) is 0 Å². The van der Waals surface area contributed by atoms with Crippen LogP contribution in [-0.4, -0.2) is 26.9 Å². The quantitative estimate of drug-likeness (QED) is 0.613. The summed E-state index contributed by atoms with van der Waals surface area (Å²) in [6.07, 6.45) is 0. The molecule has 0 unspecified atom stereocenters. The molecule has 0 aromatic carbocycles. The zero-order valence-corrected chi connectivity index (χ0v) is 8.07. The van der Waals surface area contributed by atoms with Crippen LogP contribution in [0, 0.1) is 0 Å². The third-order valence-corrected chi connectivity index (χ3v) is 3.20. The Balaban J connectivity index is 3.89. The van der Waals surface area contributed by atoms with Crippen LogP contribution in [0.15, 0.2) is 0 Å². The molecule has 0 fully saturated rings. The highest BCUT2D eigenvalue weighted by Crippen LogP contribution is 2.00. The average molecular weight is 163 g/mol. The van der Waals surface area contributed by atoms with Crippen molar-refractivity contribution in [2.75, 3.05) is 13.1 Å². The summed E-state index contributed by atoms with van der Waals surface area (Å²) < 4.78 is 13.3. The molecule has 0 amide bonds. The van der Waals surface area contributed by atoms with Crippen LogP contribution in [0.1, 0.15) is 27.7 Å². The van der Waals surface area contributed by atoms with Gasteiger partial charge in [-0.05, 0) is 13.8 Å². The minimum Gasteiger partial charge on any atom is -0.242 e. The van der Waals surface area contributed by atoms with E-state index in [2.05, 4.69) is 0 Å². The summed E-state index contributed by atoms with van der Waals surface area (Å²) in [5, 5.41) is 0.250. The van der Waals surface area contributed by atoms with Crippen molar-refractivity contribution in [3.05, 3.63) is 0 Å². The van der Waals surface area contributed by atoms with Gasteiger partial charge in [0.15, 0.2) is 0 Å². The van der Waals surface area contributed by atoms with E-state index in [1.807, 2.05) is 32.0 Å². The number of hydrogen-bond donors (Lipinski definition) is 0. The Kier molecular flexibility index (Phi) is 4.91. The van der Waals surface area contributed by atoms with Crippen molar-refractivity contribution in [3.63, 3.8) is 0 Å². The van der Waals surface area contributed by atoms with E-state index >= 15 is 0 Å². The zero-order chi connectivity index (χ0) is 8.15. The summed E-state index contributed by atoms with van der Waals surface area (Å²) in [5.74, 6) is 0. The smallest absolute Gasteiger partial charge is 0.0968 e. The van der Waals surface area contributed by atoms with Crippen molar-refractivity contribution in [1.29, 1.82) is 0 Å². The van der Waals surface area contributed by atoms with Crippen molar-refractivity contribution in [3.8, 4) is 0 Å². The topological polar surface area (TPSA) is 20.3 Å². The molecule has 0 N–H and O–H groups in total. The first-order valence-corrected chi connectivity index (χ1v) is 4.96. The maximum atomic E-state index is 11.3. The Morgan fingerprint density at radius 3 is 1.80 bits per heavy atom. The molecule has 0 aromatic rings. The van der Waals surface area contributed by atoms with E-state index in [4.69, 9.17) is 0 Å². The zero-order valence-electron chi connectivity index (χ0n) is 7.26. The molecule has 62 valence electrons. The second-order valence-corrected chi connectivity index (χ2v) is 4.45. The summed E-state index contributed by atoms with van der Waals surface area (Å²) in [4.78, 5) is 0. The van der Waals surface area contributed by atoms with Gasteiger partial charge in [-0.15, -0.1) is 0 Å². The lowest BCUT2D eigenvalue weighted by atomic mass is 10.6. The van der Waals surface area contributed by atoms with Crippen LogP contribution in [0.3, 0.4) is 0 Å². The fourth-order valence-electron chi connectivity index (χ4n) is 0.776. The lowest BCUT2D eigenvalue weighted by Gasteiger charge is -2.18. The minimum absolute atomic E-state index is 0.250. The van der Waals surface area contributed by atoms with E-state index in [9.17, 15) is 4.21 Å². The maximum Gasteiger partial charge on any atom is 0.0968 e. The molecule has 0 aliphatic carbocycles. The first-order valence-electron chi connectivity index (χ1n) is 3.79. The third-order valence-electron chi connectivity index (χ3n) is 1.36. The molecule has 0 radical (unpaired) electrons. The van der Waals surface area contributed by atoms with E-state index in [0.717, 1.165) is 13.1 Å². The fraction of sp³-hybridized carbons (Fsp3) is 1.00. The molecule has 0 aromatic heterocycles. The van der Waals surface area contributed by atoms with Gasteiger partial charge in [-0.25, -0.2) is 8.51 Å².